The summed E-state index contributed by atoms with van der Waals surface area (Å²) in [6, 6.07) is 9.84. The van der Waals surface area contributed by atoms with E-state index in [9.17, 15) is 9.59 Å². The fraction of sp³-hybridized carbons (Fsp3) is 0.381. The SMILES string of the molecule is CCCNC(=O)CN1CCN(C(=O)/C=C/c2cnn(-c3ccccc3)c2)CC1. The Morgan fingerprint density at radius 1 is 1.14 bits per heavy atom. The highest BCUT2D eigenvalue weighted by molar-refractivity contribution is 5.91. The number of nitrogens with one attached hydrogen (secondary N) is 1. The predicted molar refractivity (Wildman–Crippen MR) is 109 cm³/mol. The highest BCUT2D eigenvalue weighted by atomic mass is 16.2. The van der Waals surface area contributed by atoms with Crippen molar-refractivity contribution in [1.82, 2.24) is 24.9 Å². The van der Waals surface area contributed by atoms with E-state index in [1.807, 2.05) is 48.4 Å². The van der Waals surface area contributed by atoms with Crippen LogP contribution in [0, 0.1) is 0 Å². The second kappa shape index (κ2) is 9.85. The van der Waals surface area contributed by atoms with Crippen molar-refractivity contribution in [2.24, 2.45) is 0 Å². The number of benzene rings is 1. The lowest BCUT2D eigenvalue weighted by Crippen LogP contribution is -2.50. The largest absolute Gasteiger partial charge is 0.355 e. The number of aromatic nitrogens is 2. The van der Waals surface area contributed by atoms with Crippen LogP contribution < -0.4 is 5.32 Å². The van der Waals surface area contributed by atoms with E-state index in [1.165, 1.54) is 0 Å². The average molecular weight is 381 g/mol. The Kier molecular flexibility index (Phi) is 6.97. The minimum absolute atomic E-state index is 0.0115. The number of para-hydroxylation sites is 1. The summed E-state index contributed by atoms with van der Waals surface area (Å²) < 4.78 is 1.78. The lowest BCUT2D eigenvalue weighted by atomic mass is 10.2. The van der Waals surface area contributed by atoms with Crippen LogP contribution >= 0.6 is 0 Å². The summed E-state index contributed by atoms with van der Waals surface area (Å²) in [5.74, 6) is 0.0412. The molecule has 7 heteroatoms. The molecule has 1 aromatic carbocycles. The second-order valence-corrected chi connectivity index (χ2v) is 6.84. The van der Waals surface area contributed by atoms with Gasteiger partial charge >= 0.3 is 0 Å². The highest BCUT2D eigenvalue weighted by Gasteiger charge is 2.21. The van der Waals surface area contributed by atoms with Crippen LogP contribution in [0.25, 0.3) is 11.8 Å². The molecule has 2 aromatic rings. The maximum Gasteiger partial charge on any atom is 0.246 e. The molecular weight excluding hydrogens is 354 g/mol. The van der Waals surface area contributed by atoms with E-state index in [0.717, 1.165) is 17.7 Å². The maximum atomic E-state index is 12.4. The zero-order valence-electron chi connectivity index (χ0n) is 16.3. The van der Waals surface area contributed by atoms with E-state index < -0.39 is 0 Å². The molecule has 0 atom stereocenters. The molecule has 0 radical (unpaired) electrons. The number of hydrogen-bond acceptors (Lipinski definition) is 4. The molecule has 3 rings (SSSR count). The van der Waals surface area contributed by atoms with Crippen LogP contribution in [-0.4, -0.2) is 70.7 Å². The van der Waals surface area contributed by atoms with Crippen molar-refractivity contribution in [2.75, 3.05) is 39.3 Å². The molecule has 0 aliphatic carbocycles. The third kappa shape index (κ3) is 5.53. The van der Waals surface area contributed by atoms with Gasteiger partial charge < -0.3 is 10.2 Å². The van der Waals surface area contributed by atoms with Crippen LogP contribution in [0.2, 0.25) is 0 Å². The normalized spacial score (nSPS) is 15.1. The zero-order chi connectivity index (χ0) is 19.8. The molecular formula is C21H27N5O2. The molecule has 1 aliphatic heterocycles. The van der Waals surface area contributed by atoms with Gasteiger partial charge in [-0.25, -0.2) is 4.68 Å². The molecule has 0 bridgehead atoms. The molecule has 148 valence electrons. The predicted octanol–water partition coefficient (Wildman–Crippen LogP) is 1.56. The Hall–Kier alpha value is -2.93. The number of hydrogen-bond donors (Lipinski definition) is 1. The fourth-order valence-corrected chi connectivity index (χ4v) is 3.07. The van der Waals surface area contributed by atoms with Gasteiger partial charge in [-0.3, -0.25) is 14.5 Å². The van der Waals surface area contributed by atoms with E-state index in [4.69, 9.17) is 0 Å². The van der Waals surface area contributed by atoms with Crippen LogP contribution in [0.5, 0.6) is 0 Å². The fourth-order valence-electron chi connectivity index (χ4n) is 3.07. The molecule has 28 heavy (non-hydrogen) atoms. The van der Waals surface area contributed by atoms with E-state index in [-0.39, 0.29) is 11.8 Å². The first-order valence-electron chi connectivity index (χ1n) is 9.72. The average Bonchev–Trinajstić information content (AvgIpc) is 3.21. The van der Waals surface area contributed by atoms with Gasteiger partial charge in [0.05, 0.1) is 18.4 Å². The van der Waals surface area contributed by atoms with Gasteiger partial charge in [0.2, 0.25) is 11.8 Å². The minimum atomic E-state index is -0.0115. The number of rotatable bonds is 7. The zero-order valence-corrected chi connectivity index (χ0v) is 16.3. The minimum Gasteiger partial charge on any atom is -0.355 e. The van der Waals surface area contributed by atoms with Crippen molar-refractivity contribution in [3.63, 3.8) is 0 Å². The molecule has 7 nitrogen and oxygen atoms in total. The molecule has 2 heterocycles. The first-order valence-corrected chi connectivity index (χ1v) is 9.72. The van der Waals surface area contributed by atoms with E-state index in [1.54, 1.807) is 23.0 Å². The van der Waals surface area contributed by atoms with Gasteiger partial charge in [-0.05, 0) is 24.6 Å². The quantitative estimate of drug-likeness (QED) is 0.739. The Labute approximate surface area is 165 Å². The Bertz CT molecular complexity index is 807. The third-order valence-electron chi connectivity index (χ3n) is 4.67. The maximum absolute atomic E-state index is 12.4. The molecule has 1 saturated heterocycles. The Morgan fingerprint density at radius 2 is 1.89 bits per heavy atom. The smallest absolute Gasteiger partial charge is 0.246 e. The summed E-state index contributed by atoms with van der Waals surface area (Å²) in [6.45, 7) is 5.83. The summed E-state index contributed by atoms with van der Waals surface area (Å²) in [6.07, 6.45) is 7.95. The molecule has 0 saturated carbocycles. The van der Waals surface area contributed by atoms with E-state index in [2.05, 4.69) is 15.3 Å². The summed E-state index contributed by atoms with van der Waals surface area (Å²) in [5.41, 5.74) is 1.86. The first kappa shape index (κ1) is 19.8. The van der Waals surface area contributed by atoms with Gasteiger partial charge in [0, 0.05) is 50.6 Å². The summed E-state index contributed by atoms with van der Waals surface area (Å²) >= 11 is 0. The summed E-state index contributed by atoms with van der Waals surface area (Å²) in [7, 11) is 0. The highest BCUT2D eigenvalue weighted by Crippen LogP contribution is 2.09. The Balaban J connectivity index is 1.47. The van der Waals surface area contributed by atoms with Gasteiger partial charge in [0.1, 0.15) is 0 Å². The van der Waals surface area contributed by atoms with Crippen molar-refractivity contribution in [3.05, 3.63) is 54.4 Å². The lowest BCUT2D eigenvalue weighted by Gasteiger charge is -2.33. The standard InChI is InChI=1S/C21H27N5O2/c1-2-10-22-20(27)17-24-11-13-25(14-12-24)21(28)9-8-18-15-23-26(16-18)19-6-4-3-5-7-19/h3-9,15-16H,2,10-14,17H2,1H3,(H,22,27)/b9-8+. The molecule has 1 N–H and O–H groups in total. The number of carbonyl (C=O) groups is 2. The molecule has 2 amide bonds. The van der Waals surface area contributed by atoms with Crippen LogP contribution in [-0.2, 0) is 9.59 Å². The van der Waals surface area contributed by atoms with Crippen LogP contribution in [0.4, 0.5) is 0 Å². The van der Waals surface area contributed by atoms with E-state index in [0.29, 0.717) is 39.3 Å². The number of amides is 2. The summed E-state index contributed by atoms with van der Waals surface area (Å²) in [4.78, 5) is 28.1. The molecule has 1 aliphatic rings. The van der Waals surface area contributed by atoms with E-state index >= 15 is 0 Å². The van der Waals surface area contributed by atoms with Gasteiger partial charge in [0.25, 0.3) is 0 Å². The van der Waals surface area contributed by atoms with Crippen LogP contribution in [0.15, 0.2) is 48.8 Å². The first-order chi connectivity index (χ1) is 13.7. The molecule has 1 fully saturated rings. The van der Waals surface area contributed by atoms with Gasteiger partial charge in [0.15, 0.2) is 0 Å². The molecule has 0 unspecified atom stereocenters. The number of piperazine rings is 1. The summed E-state index contributed by atoms with van der Waals surface area (Å²) in [5, 5.41) is 7.22. The Morgan fingerprint density at radius 3 is 2.61 bits per heavy atom. The van der Waals surface area contributed by atoms with Crippen molar-refractivity contribution in [3.8, 4) is 5.69 Å². The lowest BCUT2D eigenvalue weighted by molar-refractivity contribution is -0.128. The topological polar surface area (TPSA) is 70.5 Å². The van der Waals surface area contributed by atoms with Crippen molar-refractivity contribution >= 4 is 17.9 Å². The van der Waals surface area contributed by atoms with Crippen molar-refractivity contribution in [1.29, 1.82) is 0 Å². The van der Waals surface area contributed by atoms with Gasteiger partial charge in [-0.1, -0.05) is 25.1 Å². The number of carbonyl (C=O) groups excluding carboxylic acids is 2. The van der Waals surface area contributed by atoms with Gasteiger partial charge in [-0.15, -0.1) is 0 Å². The monoisotopic (exact) mass is 381 g/mol. The van der Waals surface area contributed by atoms with Crippen LogP contribution in [0.3, 0.4) is 0 Å². The second-order valence-electron chi connectivity index (χ2n) is 6.84. The molecule has 0 spiro atoms. The van der Waals surface area contributed by atoms with Crippen molar-refractivity contribution in [2.45, 2.75) is 13.3 Å². The van der Waals surface area contributed by atoms with Crippen molar-refractivity contribution < 1.29 is 9.59 Å². The number of nitrogens with zero attached hydrogens (tertiary/aromatic N) is 4. The molecule has 1 aromatic heterocycles. The third-order valence-corrected chi connectivity index (χ3v) is 4.67. The van der Waals surface area contributed by atoms with Gasteiger partial charge in [-0.2, -0.15) is 5.10 Å². The van der Waals surface area contributed by atoms with Crippen LogP contribution in [0.1, 0.15) is 18.9 Å².